The molecule has 0 fully saturated rings. The van der Waals surface area contributed by atoms with Crippen LogP contribution < -0.4 is 0 Å². The van der Waals surface area contributed by atoms with Crippen LogP contribution in [0.5, 0.6) is 0 Å². The van der Waals surface area contributed by atoms with Gasteiger partial charge in [-0.3, -0.25) is 4.79 Å². The summed E-state index contributed by atoms with van der Waals surface area (Å²) in [6.07, 6.45) is 0.251. The summed E-state index contributed by atoms with van der Waals surface area (Å²) in [6, 6.07) is 0. The number of esters is 1. The molecule has 0 rings (SSSR count). The van der Waals surface area contributed by atoms with Crippen molar-refractivity contribution < 1.29 is 32.9 Å². The monoisotopic (exact) mass is 436 g/mol. The summed E-state index contributed by atoms with van der Waals surface area (Å²) in [5.74, 6) is -0.249. The van der Waals surface area contributed by atoms with Crippen LogP contribution in [0.4, 0.5) is 0 Å². The van der Waals surface area contributed by atoms with E-state index in [0.717, 1.165) is 0 Å². The predicted octanol–water partition coefficient (Wildman–Crippen LogP) is 3.81. The molecule has 0 amide bonds. The third kappa shape index (κ3) is 16.9. The largest absolute Gasteiger partial charge is 0.460 e. The molecule has 0 aromatic carbocycles. The summed E-state index contributed by atoms with van der Waals surface area (Å²) in [6.45, 7) is 21.3. The minimum absolute atomic E-state index is 0.221. The van der Waals surface area contributed by atoms with Gasteiger partial charge in [-0.1, -0.05) is 20.8 Å². The molecule has 0 aliphatic carbocycles. The highest BCUT2D eigenvalue weighted by atomic mass is 28.4. The van der Waals surface area contributed by atoms with Gasteiger partial charge in [0.2, 0.25) is 0 Å². The van der Waals surface area contributed by atoms with Gasteiger partial charge in [0, 0.05) is 0 Å². The summed E-state index contributed by atoms with van der Waals surface area (Å²) >= 11 is 0. The van der Waals surface area contributed by atoms with Gasteiger partial charge in [0.25, 0.3) is 0 Å². The first-order valence-electron chi connectivity index (χ1n) is 10.5. The van der Waals surface area contributed by atoms with Gasteiger partial charge in [-0.25, -0.2) is 0 Å². The highest BCUT2D eigenvalue weighted by molar-refractivity contribution is 6.74. The molecule has 0 spiro atoms. The lowest BCUT2D eigenvalue weighted by Crippen LogP contribution is -2.41. The van der Waals surface area contributed by atoms with Crippen molar-refractivity contribution in [3.05, 3.63) is 0 Å². The molecule has 0 aliphatic rings. The van der Waals surface area contributed by atoms with Crippen LogP contribution in [0.3, 0.4) is 0 Å². The first-order chi connectivity index (χ1) is 13.4. The molecular formula is C21H44O7Si. The Morgan fingerprint density at radius 1 is 0.655 bits per heavy atom. The second-order valence-corrected chi connectivity index (χ2v) is 14.2. The Morgan fingerprint density at radius 3 is 1.41 bits per heavy atom. The number of rotatable bonds is 16. The Morgan fingerprint density at radius 2 is 1.03 bits per heavy atom. The fourth-order valence-corrected chi connectivity index (χ4v) is 2.91. The summed E-state index contributed by atoms with van der Waals surface area (Å²) in [4.78, 5) is 11.5. The van der Waals surface area contributed by atoms with Crippen LogP contribution in [0.15, 0.2) is 0 Å². The second-order valence-electron chi connectivity index (χ2n) is 9.39. The molecule has 0 aromatic heterocycles. The standard InChI is InChI=1S/C21H44O7Si/c1-20(2,3)28-19(22)9-10-23-11-12-24-13-14-25-15-16-26-17-18-27-29(7,8)21(4,5)6/h9-18H2,1-8H3. The second kappa shape index (κ2) is 14.5. The molecule has 0 aromatic rings. The topological polar surface area (TPSA) is 72.5 Å². The van der Waals surface area contributed by atoms with Crippen molar-refractivity contribution >= 4 is 14.3 Å². The van der Waals surface area contributed by atoms with Crippen molar-refractivity contribution in [1.29, 1.82) is 0 Å². The maximum absolute atomic E-state index is 11.5. The van der Waals surface area contributed by atoms with Gasteiger partial charge >= 0.3 is 5.97 Å². The average Bonchev–Trinajstić information content (AvgIpc) is 2.55. The van der Waals surface area contributed by atoms with Crippen molar-refractivity contribution in [3.8, 4) is 0 Å². The Kier molecular flexibility index (Phi) is 14.2. The van der Waals surface area contributed by atoms with Crippen LogP contribution in [0.25, 0.3) is 0 Å². The van der Waals surface area contributed by atoms with Crippen molar-refractivity contribution in [2.24, 2.45) is 0 Å². The fourth-order valence-electron chi connectivity index (χ4n) is 1.88. The zero-order valence-electron chi connectivity index (χ0n) is 19.9. The molecule has 29 heavy (non-hydrogen) atoms. The SMILES string of the molecule is CC(C)(C)OC(=O)CCOCCOCCOCCOCCO[Si](C)(C)C(C)(C)C. The number of carbonyl (C=O) groups is 1. The van der Waals surface area contributed by atoms with E-state index in [1.165, 1.54) is 0 Å². The average molecular weight is 437 g/mol. The molecule has 174 valence electrons. The molecular weight excluding hydrogens is 392 g/mol. The lowest BCUT2D eigenvalue weighted by molar-refractivity contribution is -0.156. The molecule has 0 radical (unpaired) electrons. The third-order valence-corrected chi connectivity index (χ3v) is 9.02. The van der Waals surface area contributed by atoms with E-state index in [0.29, 0.717) is 59.5 Å². The van der Waals surface area contributed by atoms with Gasteiger partial charge in [0.15, 0.2) is 8.32 Å². The zero-order chi connectivity index (χ0) is 22.4. The van der Waals surface area contributed by atoms with Crippen LogP contribution in [0.1, 0.15) is 48.0 Å². The van der Waals surface area contributed by atoms with Gasteiger partial charge in [0.1, 0.15) is 5.60 Å². The third-order valence-electron chi connectivity index (χ3n) is 4.48. The van der Waals surface area contributed by atoms with E-state index in [-0.39, 0.29) is 17.4 Å². The Balaban J connectivity index is 3.34. The molecule has 0 heterocycles. The predicted molar refractivity (Wildman–Crippen MR) is 117 cm³/mol. The molecule has 0 aliphatic heterocycles. The maximum atomic E-state index is 11.5. The molecule has 0 atom stereocenters. The van der Waals surface area contributed by atoms with Gasteiger partial charge < -0.3 is 28.1 Å². The van der Waals surface area contributed by atoms with Gasteiger partial charge in [-0.05, 0) is 38.9 Å². The van der Waals surface area contributed by atoms with Crippen molar-refractivity contribution in [3.63, 3.8) is 0 Å². The summed E-state index contributed by atoms with van der Waals surface area (Å²) in [5, 5.41) is 0.221. The molecule has 0 N–H and O–H groups in total. The smallest absolute Gasteiger partial charge is 0.308 e. The fraction of sp³-hybridized carbons (Fsp3) is 0.952. The lowest BCUT2D eigenvalue weighted by atomic mass is 10.2. The molecule has 0 unspecified atom stereocenters. The molecule has 8 heteroatoms. The summed E-state index contributed by atoms with van der Waals surface area (Å²) in [5.41, 5.74) is -0.455. The van der Waals surface area contributed by atoms with Crippen LogP contribution in [0, 0.1) is 0 Å². The van der Waals surface area contributed by atoms with E-state index in [2.05, 4.69) is 33.9 Å². The van der Waals surface area contributed by atoms with E-state index < -0.39 is 13.9 Å². The van der Waals surface area contributed by atoms with E-state index in [9.17, 15) is 4.79 Å². The van der Waals surface area contributed by atoms with Crippen molar-refractivity contribution in [2.45, 2.75) is 71.7 Å². The van der Waals surface area contributed by atoms with E-state index in [1.54, 1.807) is 0 Å². The van der Waals surface area contributed by atoms with Crippen LogP contribution in [0.2, 0.25) is 18.1 Å². The quantitative estimate of drug-likeness (QED) is 0.207. The van der Waals surface area contributed by atoms with E-state index in [4.69, 9.17) is 28.1 Å². The normalized spacial score (nSPS) is 13.0. The Bertz CT molecular complexity index is 428. The van der Waals surface area contributed by atoms with Crippen LogP contribution in [-0.2, 0) is 32.9 Å². The maximum Gasteiger partial charge on any atom is 0.308 e. The van der Waals surface area contributed by atoms with E-state index >= 15 is 0 Å². The first kappa shape index (κ1) is 28.5. The first-order valence-corrected chi connectivity index (χ1v) is 13.4. The molecule has 0 bridgehead atoms. The number of hydrogen-bond acceptors (Lipinski definition) is 7. The molecule has 7 nitrogen and oxygen atoms in total. The van der Waals surface area contributed by atoms with Gasteiger partial charge in [-0.2, -0.15) is 0 Å². The zero-order valence-corrected chi connectivity index (χ0v) is 20.9. The Labute approximate surface area is 178 Å². The van der Waals surface area contributed by atoms with Crippen LogP contribution >= 0.6 is 0 Å². The Hall–Kier alpha value is -0.513. The summed E-state index contributed by atoms with van der Waals surface area (Å²) in [7, 11) is -1.68. The minimum Gasteiger partial charge on any atom is -0.460 e. The van der Waals surface area contributed by atoms with E-state index in [1.807, 2.05) is 20.8 Å². The minimum atomic E-state index is -1.68. The lowest BCUT2D eigenvalue weighted by Gasteiger charge is -2.36. The molecule has 0 saturated carbocycles. The highest BCUT2D eigenvalue weighted by Gasteiger charge is 2.36. The van der Waals surface area contributed by atoms with Gasteiger partial charge in [0.05, 0.1) is 65.9 Å². The molecule has 0 saturated heterocycles. The highest BCUT2D eigenvalue weighted by Crippen LogP contribution is 2.36. The van der Waals surface area contributed by atoms with Crippen molar-refractivity contribution in [2.75, 3.05) is 59.5 Å². The number of hydrogen-bond donors (Lipinski definition) is 0. The number of ether oxygens (including phenoxy) is 5. The summed E-state index contributed by atoms with van der Waals surface area (Å²) < 4.78 is 33.0. The van der Waals surface area contributed by atoms with Crippen molar-refractivity contribution in [1.82, 2.24) is 0 Å². The van der Waals surface area contributed by atoms with Gasteiger partial charge in [-0.15, -0.1) is 0 Å². The number of carbonyl (C=O) groups excluding carboxylic acids is 1. The van der Waals surface area contributed by atoms with Crippen LogP contribution in [-0.4, -0.2) is 79.3 Å².